The third-order valence-electron chi connectivity index (χ3n) is 5.40. The summed E-state index contributed by atoms with van der Waals surface area (Å²) in [4.78, 5) is 11.5. The van der Waals surface area contributed by atoms with Crippen molar-refractivity contribution < 1.29 is 49.3 Å². The van der Waals surface area contributed by atoms with Crippen LogP contribution in [0.1, 0.15) is 20.3 Å². The molecule has 2 saturated heterocycles. The van der Waals surface area contributed by atoms with Gasteiger partial charge in [-0.3, -0.25) is 4.79 Å². The molecule has 0 radical (unpaired) electrons. The molecule has 2 fully saturated rings. The Labute approximate surface area is 155 Å². The lowest BCUT2D eigenvalue weighted by Crippen LogP contribution is -2.62. The van der Waals surface area contributed by atoms with Gasteiger partial charge in [0.25, 0.3) is 0 Å². The molecule has 0 aromatic heterocycles. The SMILES string of the molecule is CC(=O)OC1(C)C=CC2(O)CCOC(OC3OC(CO)C(O)C(O)C3O)C21. The Bertz CT molecular complexity index is 594. The molecule has 3 rings (SSSR count). The molecule has 154 valence electrons. The highest BCUT2D eigenvalue weighted by Gasteiger charge is 2.60. The van der Waals surface area contributed by atoms with Crippen molar-refractivity contribution in [3.63, 3.8) is 0 Å². The molecule has 2 heterocycles. The van der Waals surface area contributed by atoms with Crippen LogP contribution in [0.25, 0.3) is 0 Å². The van der Waals surface area contributed by atoms with Gasteiger partial charge in [-0.15, -0.1) is 0 Å². The molecule has 3 aliphatic rings. The van der Waals surface area contributed by atoms with Gasteiger partial charge in [0.05, 0.1) is 24.7 Å². The van der Waals surface area contributed by atoms with E-state index in [0.717, 1.165) is 0 Å². The summed E-state index contributed by atoms with van der Waals surface area (Å²) in [5.74, 6) is -1.40. The van der Waals surface area contributed by atoms with Crippen molar-refractivity contribution in [2.45, 2.75) is 68.5 Å². The Kier molecular flexibility index (Phi) is 5.63. The highest BCUT2D eigenvalue weighted by atomic mass is 16.8. The van der Waals surface area contributed by atoms with Crippen LogP contribution >= 0.6 is 0 Å². The number of aliphatic hydroxyl groups is 5. The van der Waals surface area contributed by atoms with E-state index in [9.17, 15) is 30.3 Å². The van der Waals surface area contributed by atoms with Crippen LogP contribution in [-0.4, -0.2) is 92.9 Å². The highest BCUT2D eigenvalue weighted by Crippen LogP contribution is 2.48. The minimum Gasteiger partial charge on any atom is -0.455 e. The molecule has 27 heavy (non-hydrogen) atoms. The summed E-state index contributed by atoms with van der Waals surface area (Å²) >= 11 is 0. The van der Waals surface area contributed by atoms with Gasteiger partial charge in [0, 0.05) is 13.3 Å². The predicted octanol–water partition coefficient (Wildman–Crippen LogP) is -2.21. The Morgan fingerprint density at radius 3 is 2.52 bits per heavy atom. The quantitative estimate of drug-likeness (QED) is 0.263. The van der Waals surface area contributed by atoms with E-state index in [-0.39, 0.29) is 13.0 Å². The van der Waals surface area contributed by atoms with E-state index in [4.69, 9.17) is 18.9 Å². The van der Waals surface area contributed by atoms with Crippen LogP contribution in [0, 0.1) is 5.92 Å². The molecular formula is C17H26O10. The number of ether oxygens (including phenoxy) is 4. The summed E-state index contributed by atoms with van der Waals surface area (Å²) in [5.41, 5.74) is -2.58. The minimum atomic E-state index is -1.62. The number of hydrogen-bond acceptors (Lipinski definition) is 10. The minimum absolute atomic E-state index is 0.135. The van der Waals surface area contributed by atoms with Gasteiger partial charge >= 0.3 is 5.97 Å². The maximum absolute atomic E-state index is 11.5. The molecule has 10 nitrogen and oxygen atoms in total. The topological polar surface area (TPSA) is 155 Å². The first kappa shape index (κ1) is 20.6. The van der Waals surface area contributed by atoms with Gasteiger partial charge in [-0.05, 0) is 13.0 Å². The lowest BCUT2D eigenvalue weighted by molar-refractivity contribution is -0.364. The second-order valence-corrected chi connectivity index (χ2v) is 7.40. The van der Waals surface area contributed by atoms with Crippen LogP contribution < -0.4 is 0 Å². The largest absolute Gasteiger partial charge is 0.455 e. The molecule has 0 amide bonds. The first-order valence-electron chi connectivity index (χ1n) is 8.81. The third kappa shape index (κ3) is 3.64. The Balaban J connectivity index is 1.82. The Hall–Kier alpha value is -1.11. The molecule has 5 N–H and O–H groups in total. The summed E-state index contributed by atoms with van der Waals surface area (Å²) in [6.45, 7) is 2.38. The van der Waals surface area contributed by atoms with E-state index < -0.39 is 66.7 Å². The lowest BCUT2D eigenvalue weighted by Gasteiger charge is -2.47. The van der Waals surface area contributed by atoms with Gasteiger partial charge in [0.15, 0.2) is 12.6 Å². The van der Waals surface area contributed by atoms with E-state index in [1.54, 1.807) is 13.0 Å². The molecule has 0 saturated carbocycles. The summed E-state index contributed by atoms with van der Waals surface area (Å²) in [7, 11) is 0. The van der Waals surface area contributed by atoms with E-state index in [1.807, 2.05) is 0 Å². The second kappa shape index (κ2) is 7.37. The molecule has 9 atom stereocenters. The average molecular weight is 390 g/mol. The molecule has 0 bridgehead atoms. The Morgan fingerprint density at radius 1 is 1.19 bits per heavy atom. The van der Waals surface area contributed by atoms with Gasteiger partial charge in [-0.25, -0.2) is 0 Å². The summed E-state index contributed by atoms with van der Waals surface area (Å²) in [6.07, 6.45) is -5.12. The molecule has 0 aromatic carbocycles. The fourth-order valence-corrected chi connectivity index (χ4v) is 4.03. The molecular weight excluding hydrogens is 364 g/mol. The van der Waals surface area contributed by atoms with E-state index in [2.05, 4.69) is 0 Å². The van der Waals surface area contributed by atoms with Crippen molar-refractivity contribution in [3.8, 4) is 0 Å². The maximum atomic E-state index is 11.5. The third-order valence-corrected chi connectivity index (χ3v) is 5.40. The van der Waals surface area contributed by atoms with Crippen LogP contribution in [0.2, 0.25) is 0 Å². The first-order valence-corrected chi connectivity index (χ1v) is 8.81. The number of rotatable bonds is 4. The highest BCUT2D eigenvalue weighted by molar-refractivity contribution is 5.67. The first-order chi connectivity index (χ1) is 12.6. The normalized spacial score (nSPS) is 49.7. The lowest BCUT2D eigenvalue weighted by atomic mass is 9.78. The van der Waals surface area contributed by atoms with Crippen molar-refractivity contribution in [1.29, 1.82) is 0 Å². The smallest absolute Gasteiger partial charge is 0.303 e. The van der Waals surface area contributed by atoms with Gasteiger partial charge in [0.1, 0.15) is 30.0 Å². The summed E-state index contributed by atoms with van der Waals surface area (Å²) in [5, 5.41) is 50.2. The number of fused-ring (bicyclic) bond motifs is 1. The summed E-state index contributed by atoms with van der Waals surface area (Å²) < 4.78 is 22.0. The number of aliphatic hydroxyl groups excluding tert-OH is 4. The van der Waals surface area contributed by atoms with Crippen LogP contribution in [0.3, 0.4) is 0 Å². The van der Waals surface area contributed by atoms with E-state index in [1.165, 1.54) is 13.0 Å². The van der Waals surface area contributed by atoms with Crippen molar-refractivity contribution in [2.75, 3.05) is 13.2 Å². The maximum Gasteiger partial charge on any atom is 0.303 e. The van der Waals surface area contributed by atoms with Crippen molar-refractivity contribution in [2.24, 2.45) is 5.92 Å². The fourth-order valence-electron chi connectivity index (χ4n) is 4.03. The van der Waals surface area contributed by atoms with Crippen LogP contribution in [-0.2, 0) is 23.7 Å². The standard InChI is InChI=1S/C17H26O10/c1-8(19)27-16(2)3-4-17(23)5-6-24-15(13(16)17)26-14-12(22)11(21)10(20)9(7-18)25-14/h3-4,9-15,18,20-23H,5-7H2,1-2H3. The van der Waals surface area contributed by atoms with Gasteiger partial charge in [-0.2, -0.15) is 0 Å². The predicted molar refractivity (Wildman–Crippen MR) is 87.0 cm³/mol. The monoisotopic (exact) mass is 390 g/mol. The number of esters is 1. The van der Waals surface area contributed by atoms with E-state index >= 15 is 0 Å². The zero-order valence-corrected chi connectivity index (χ0v) is 15.1. The number of hydrogen-bond donors (Lipinski definition) is 5. The van der Waals surface area contributed by atoms with Gasteiger partial charge in [0.2, 0.25) is 0 Å². The zero-order chi connectivity index (χ0) is 20.0. The molecule has 0 spiro atoms. The van der Waals surface area contributed by atoms with Gasteiger partial charge in [-0.1, -0.05) is 6.08 Å². The van der Waals surface area contributed by atoms with Crippen LogP contribution in [0.5, 0.6) is 0 Å². The van der Waals surface area contributed by atoms with Crippen molar-refractivity contribution in [3.05, 3.63) is 12.2 Å². The van der Waals surface area contributed by atoms with Crippen molar-refractivity contribution >= 4 is 5.97 Å². The fraction of sp³-hybridized carbons (Fsp3) is 0.824. The van der Waals surface area contributed by atoms with E-state index in [0.29, 0.717) is 0 Å². The van der Waals surface area contributed by atoms with Crippen LogP contribution in [0.15, 0.2) is 12.2 Å². The summed E-state index contributed by atoms with van der Waals surface area (Å²) in [6, 6.07) is 0. The van der Waals surface area contributed by atoms with Crippen LogP contribution in [0.4, 0.5) is 0 Å². The Morgan fingerprint density at radius 2 is 1.89 bits per heavy atom. The molecule has 10 heteroatoms. The second-order valence-electron chi connectivity index (χ2n) is 7.40. The molecule has 0 aromatic rings. The number of carbonyl (C=O) groups excluding carboxylic acids is 1. The zero-order valence-electron chi connectivity index (χ0n) is 15.1. The average Bonchev–Trinajstić information content (AvgIpc) is 2.86. The van der Waals surface area contributed by atoms with Gasteiger partial charge < -0.3 is 44.5 Å². The number of carbonyl (C=O) groups is 1. The molecule has 2 aliphatic heterocycles. The molecule has 9 unspecified atom stereocenters. The van der Waals surface area contributed by atoms with Crippen molar-refractivity contribution in [1.82, 2.24) is 0 Å². The molecule has 1 aliphatic carbocycles.